The van der Waals surface area contributed by atoms with E-state index in [2.05, 4.69) is 10.1 Å². The van der Waals surface area contributed by atoms with Gasteiger partial charge in [0.1, 0.15) is 5.69 Å². The summed E-state index contributed by atoms with van der Waals surface area (Å²) < 4.78 is 1.80. The summed E-state index contributed by atoms with van der Waals surface area (Å²) in [4.78, 5) is 4.50. The average molecular weight is 238 g/mol. The summed E-state index contributed by atoms with van der Waals surface area (Å²) in [6, 6.07) is 12.0. The molecule has 0 atom stereocenters. The predicted octanol–water partition coefficient (Wildman–Crippen LogP) is 2.53. The molecule has 0 amide bonds. The molecule has 2 aromatic heterocycles. The standard InChI is InChI=1S/C14H14N4/c1-9-12(15)8-11-13(10-6-4-3-5-7-10)17-18(2)14(11)16-9/h3-8H,15H2,1-2H3. The van der Waals surface area contributed by atoms with Gasteiger partial charge in [0.05, 0.1) is 11.4 Å². The van der Waals surface area contributed by atoms with E-state index in [0.29, 0.717) is 5.69 Å². The Morgan fingerprint density at radius 2 is 1.89 bits per heavy atom. The van der Waals surface area contributed by atoms with Gasteiger partial charge < -0.3 is 5.73 Å². The summed E-state index contributed by atoms with van der Waals surface area (Å²) in [5.74, 6) is 0. The number of hydrogen-bond acceptors (Lipinski definition) is 3. The van der Waals surface area contributed by atoms with E-state index >= 15 is 0 Å². The Morgan fingerprint density at radius 1 is 1.17 bits per heavy atom. The Bertz CT molecular complexity index is 713. The molecular weight excluding hydrogens is 224 g/mol. The first-order valence-corrected chi connectivity index (χ1v) is 5.82. The van der Waals surface area contributed by atoms with Crippen LogP contribution >= 0.6 is 0 Å². The van der Waals surface area contributed by atoms with E-state index in [0.717, 1.165) is 28.0 Å². The van der Waals surface area contributed by atoms with E-state index in [9.17, 15) is 0 Å². The first kappa shape index (κ1) is 10.8. The maximum atomic E-state index is 5.94. The van der Waals surface area contributed by atoms with Crippen molar-refractivity contribution in [2.24, 2.45) is 7.05 Å². The molecule has 2 N–H and O–H groups in total. The summed E-state index contributed by atoms with van der Waals surface area (Å²) in [6.07, 6.45) is 0. The van der Waals surface area contributed by atoms with Crippen LogP contribution in [0.1, 0.15) is 5.69 Å². The molecule has 3 aromatic rings. The van der Waals surface area contributed by atoms with Gasteiger partial charge in [-0.05, 0) is 13.0 Å². The molecule has 0 saturated heterocycles. The number of hydrogen-bond donors (Lipinski definition) is 1. The van der Waals surface area contributed by atoms with Gasteiger partial charge in [0.2, 0.25) is 0 Å². The molecule has 1 aromatic carbocycles. The van der Waals surface area contributed by atoms with Gasteiger partial charge in [-0.15, -0.1) is 0 Å². The number of aryl methyl sites for hydroxylation is 2. The summed E-state index contributed by atoms with van der Waals surface area (Å²) in [5, 5.41) is 5.53. The second-order valence-electron chi connectivity index (χ2n) is 4.37. The van der Waals surface area contributed by atoms with Gasteiger partial charge in [-0.3, -0.25) is 0 Å². The van der Waals surface area contributed by atoms with Crippen LogP contribution in [0.5, 0.6) is 0 Å². The minimum absolute atomic E-state index is 0.702. The molecule has 0 unspecified atom stereocenters. The lowest BCUT2D eigenvalue weighted by Crippen LogP contribution is -1.96. The van der Waals surface area contributed by atoms with Gasteiger partial charge in [-0.1, -0.05) is 30.3 Å². The number of rotatable bonds is 1. The fourth-order valence-electron chi connectivity index (χ4n) is 2.09. The van der Waals surface area contributed by atoms with Gasteiger partial charge >= 0.3 is 0 Å². The lowest BCUT2D eigenvalue weighted by molar-refractivity contribution is 0.788. The molecular formula is C14H14N4. The van der Waals surface area contributed by atoms with Gasteiger partial charge in [0.25, 0.3) is 0 Å². The summed E-state index contributed by atoms with van der Waals surface area (Å²) in [5.41, 5.74) is 10.3. The Labute approximate surface area is 105 Å². The Kier molecular flexibility index (Phi) is 2.30. The lowest BCUT2D eigenvalue weighted by atomic mass is 10.1. The molecule has 4 heteroatoms. The van der Waals surface area contributed by atoms with Crippen molar-refractivity contribution < 1.29 is 0 Å². The molecule has 18 heavy (non-hydrogen) atoms. The number of nitrogen functional groups attached to an aromatic ring is 1. The van der Waals surface area contributed by atoms with Crippen molar-refractivity contribution in [2.75, 3.05) is 5.73 Å². The normalized spacial score (nSPS) is 11.0. The van der Waals surface area contributed by atoms with Crippen LogP contribution in [0.15, 0.2) is 36.4 Å². The Morgan fingerprint density at radius 3 is 2.61 bits per heavy atom. The van der Waals surface area contributed by atoms with Crippen molar-refractivity contribution in [1.82, 2.24) is 14.8 Å². The maximum absolute atomic E-state index is 5.94. The summed E-state index contributed by atoms with van der Waals surface area (Å²) in [6.45, 7) is 1.91. The second-order valence-corrected chi connectivity index (χ2v) is 4.37. The highest BCUT2D eigenvalue weighted by Crippen LogP contribution is 2.28. The number of nitrogens with two attached hydrogens (primary N) is 1. The molecule has 0 spiro atoms. The fourth-order valence-corrected chi connectivity index (χ4v) is 2.09. The molecule has 4 nitrogen and oxygen atoms in total. The van der Waals surface area contributed by atoms with Crippen LogP contribution in [-0.4, -0.2) is 14.8 Å². The van der Waals surface area contributed by atoms with Crippen molar-refractivity contribution >= 4 is 16.7 Å². The van der Waals surface area contributed by atoms with Crippen LogP contribution in [0, 0.1) is 6.92 Å². The van der Waals surface area contributed by atoms with E-state index < -0.39 is 0 Å². The van der Waals surface area contributed by atoms with Crippen molar-refractivity contribution in [3.05, 3.63) is 42.1 Å². The zero-order chi connectivity index (χ0) is 12.7. The monoisotopic (exact) mass is 238 g/mol. The third kappa shape index (κ3) is 1.54. The second kappa shape index (κ2) is 3.84. The first-order chi connectivity index (χ1) is 8.66. The highest BCUT2D eigenvalue weighted by atomic mass is 15.3. The molecule has 0 saturated carbocycles. The van der Waals surface area contributed by atoms with E-state index in [4.69, 9.17) is 5.73 Å². The van der Waals surface area contributed by atoms with E-state index in [-0.39, 0.29) is 0 Å². The molecule has 0 fully saturated rings. The van der Waals surface area contributed by atoms with Crippen LogP contribution in [-0.2, 0) is 7.05 Å². The number of fused-ring (bicyclic) bond motifs is 1. The summed E-state index contributed by atoms with van der Waals surface area (Å²) >= 11 is 0. The van der Waals surface area contributed by atoms with Crippen LogP contribution < -0.4 is 5.73 Å². The zero-order valence-corrected chi connectivity index (χ0v) is 10.4. The Hall–Kier alpha value is -2.36. The van der Waals surface area contributed by atoms with Crippen LogP contribution in [0.25, 0.3) is 22.3 Å². The quantitative estimate of drug-likeness (QED) is 0.708. The van der Waals surface area contributed by atoms with Crippen molar-refractivity contribution in [3.8, 4) is 11.3 Å². The average Bonchev–Trinajstić information content (AvgIpc) is 2.69. The lowest BCUT2D eigenvalue weighted by Gasteiger charge is -2.00. The largest absolute Gasteiger partial charge is 0.397 e. The molecule has 0 bridgehead atoms. The van der Waals surface area contributed by atoms with Gasteiger partial charge in [0.15, 0.2) is 5.65 Å². The van der Waals surface area contributed by atoms with Gasteiger partial charge in [-0.25, -0.2) is 9.67 Å². The van der Waals surface area contributed by atoms with Crippen molar-refractivity contribution in [1.29, 1.82) is 0 Å². The molecule has 3 rings (SSSR count). The molecule has 2 heterocycles. The predicted molar refractivity (Wildman–Crippen MR) is 73.1 cm³/mol. The fraction of sp³-hybridized carbons (Fsp3) is 0.143. The molecule has 0 radical (unpaired) electrons. The first-order valence-electron chi connectivity index (χ1n) is 5.82. The maximum Gasteiger partial charge on any atom is 0.158 e. The molecule has 0 aliphatic heterocycles. The van der Waals surface area contributed by atoms with Crippen LogP contribution in [0.2, 0.25) is 0 Å². The van der Waals surface area contributed by atoms with E-state index in [1.807, 2.05) is 50.4 Å². The third-order valence-corrected chi connectivity index (χ3v) is 3.09. The third-order valence-electron chi connectivity index (χ3n) is 3.09. The topological polar surface area (TPSA) is 56.7 Å². The van der Waals surface area contributed by atoms with Gasteiger partial charge in [-0.2, -0.15) is 5.10 Å². The molecule has 0 aliphatic rings. The van der Waals surface area contributed by atoms with E-state index in [1.54, 1.807) is 4.68 Å². The molecule has 0 aliphatic carbocycles. The number of anilines is 1. The highest BCUT2D eigenvalue weighted by molar-refractivity contribution is 5.93. The summed E-state index contributed by atoms with van der Waals surface area (Å²) in [7, 11) is 1.90. The number of benzene rings is 1. The van der Waals surface area contributed by atoms with Crippen molar-refractivity contribution in [3.63, 3.8) is 0 Å². The number of nitrogens with zero attached hydrogens (tertiary/aromatic N) is 3. The van der Waals surface area contributed by atoms with E-state index in [1.165, 1.54) is 0 Å². The van der Waals surface area contributed by atoms with Crippen molar-refractivity contribution in [2.45, 2.75) is 6.92 Å². The van der Waals surface area contributed by atoms with Crippen LogP contribution in [0.4, 0.5) is 5.69 Å². The Balaban J connectivity index is 2.35. The SMILES string of the molecule is Cc1nc2c(cc1N)c(-c1ccccc1)nn2C. The highest BCUT2D eigenvalue weighted by Gasteiger charge is 2.12. The molecule has 90 valence electrons. The van der Waals surface area contributed by atoms with Crippen LogP contribution in [0.3, 0.4) is 0 Å². The zero-order valence-electron chi connectivity index (χ0n) is 10.4. The smallest absolute Gasteiger partial charge is 0.158 e. The minimum Gasteiger partial charge on any atom is -0.397 e. The number of aromatic nitrogens is 3. The number of pyridine rings is 1. The van der Waals surface area contributed by atoms with Gasteiger partial charge in [0, 0.05) is 18.0 Å². The minimum atomic E-state index is 0.702.